The van der Waals surface area contributed by atoms with E-state index in [0.717, 1.165) is 24.2 Å². The van der Waals surface area contributed by atoms with Crippen LogP contribution >= 0.6 is 0 Å². The first-order chi connectivity index (χ1) is 16.9. The Balaban J connectivity index is 1.41. The van der Waals surface area contributed by atoms with E-state index >= 15 is 0 Å². The second-order valence-corrected chi connectivity index (χ2v) is 8.97. The van der Waals surface area contributed by atoms with E-state index in [4.69, 9.17) is 4.74 Å². The van der Waals surface area contributed by atoms with Crippen LogP contribution < -0.4 is 20.3 Å². The number of carbonyl (C=O) groups excluding carboxylic acids is 2. The van der Waals surface area contributed by atoms with Crippen molar-refractivity contribution in [3.8, 4) is 5.75 Å². The lowest BCUT2D eigenvalue weighted by Crippen LogP contribution is -2.49. The molecule has 7 heteroatoms. The second kappa shape index (κ2) is 11.0. The summed E-state index contributed by atoms with van der Waals surface area (Å²) in [5.41, 5.74) is 4.40. The van der Waals surface area contributed by atoms with Gasteiger partial charge in [0, 0.05) is 42.8 Å². The lowest BCUT2D eigenvalue weighted by molar-refractivity contribution is 0.192. The number of hydrogen-bond donors (Lipinski definition) is 2. The zero-order valence-electron chi connectivity index (χ0n) is 20.5. The molecular weight excluding hydrogens is 440 g/mol. The highest BCUT2D eigenvalue weighted by molar-refractivity contribution is 6.00. The van der Waals surface area contributed by atoms with Crippen molar-refractivity contribution in [1.29, 1.82) is 0 Å². The fourth-order valence-electron chi connectivity index (χ4n) is 4.14. The maximum Gasteiger partial charge on any atom is 0.324 e. The van der Waals surface area contributed by atoms with Crippen LogP contribution in [0.3, 0.4) is 0 Å². The summed E-state index contributed by atoms with van der Waals surface area (Å²) in [6.45, 7) is 6.29. The molecule has 0 spiro atoms. The number of ether oxygens (including phenoxy) is 1. The Labute approximate surface area is 206 Å². The first-order valence-electron chi connectivity index (χ1n) is 11.9. The lowest BCUT2D eigenvalue weighted by Gasteiger charge is -2.36. The molecule has 1 heterocycles. The van der Waals surface area contributed by atoms with Crippen molar-refractivity contribution < 1.29 is 14.3 Å². The van der Waals surface area contributed by atoms with Gasteiger partial charge < -0.3 is 20.3 Å². The first-order valence-corrected chi connectivity index (χ1v) is 11.9. The van der Waals surface area contributed by atoms with E-state index in [2.05, 4.69) is 48.7 Å². The predicted octanol–water partition coefficient (Wildman–Crippen LogP) is 6.29. The molecule has 0 aliphatic carbocycles. The number of nitrogens with one attached hydrogen (secondary N) is 2. The summed E-state index contributed by atoms with van der Waals surface area (Å²) >= 11 is 0. The third kappa shape index (κ3) is 6.12. The second-order valence-electron chi connectivity index (χ2n) is 8.97. The van der Waals surface area contributed by atoms with E-state index < -0.39 is 0 Å². The summed E-state index contributed by atoms with van der Waals surface area (Å²) in [5.74, 6) is 1.14. The lowest BCUT2D eigenvalue weighted by atomic mass is 10.0. The maximum absolute atomic E-state index is 13.3. The molecule has 1 aliphatic rings. The molecule has 0 radical (unpaired) electrons. The molecule has 0 unspecified atom stereocenters. The summed E-state index contributed by atoms with van der Waals surface area (Å²) in [5, 5.41) is 5.64. The largest absolute Gasteiger partial charge is 0.497 e. The van der Waals surface area contributed by atoms with Gasteiger partial charge in [-0.15, -0.1) is 0 Å². The summed E-state index contributed by atoms with van der Waals surface area (Å²) in [4.78, 5) is 29.4. The van der Waals surface area contributed by atoms with Gasteiger partial charge in [0.05, 0.1) is 7.11 Å². The van der Waals surface area contributed by atoms with Crippen LogP contribution in [0.1, 0.15) is 37.3 Å². The number of benzene rings is 3. The Morgan fingerprint density at radius 2 is 1.63 bits per heavy atom. The minimum Gasteiger partial charge on any atom is -0.497 e. The van der Waals surface area contributed by atoms with E-state index in [-0.39, 0.29) is 12.1 Å². The van der Waals surface area contributed by atoms with E-state index in [0.29, 0.717) is 36.1 Å². The third-order valence-electron chi connectivity index (χ3n) is 6.07. The topological polar surface area (TPSA) is 73.9 Å². The molecule has 4 amide bonds. The molecule has 1 aliphatic heterocycles. The number of urea groups is 2. The van der Waals surface area contributed by atoms with Crippen LogP contribution in [0.15, 0.2) is 72.8 Å². The number of amides is 4. The number of carbonyl (C=O) groups is 2. The normalized spacial score (nSPS) is 13.7. The molecule has 182 valence electrons. The third-order valence-corrected chi connectivity index (χ3v) is 6.07. The highest BCUT2D eigenvalue weighted by atomic mass is 16.5. The minimum absolute atomic E-state index is 0.0258. The number of anilines is 3. The van der Waals surface area contributed by atoms with Crippen molar-refractivity contribution in [1.82, 2.24) is 4.90 Å². The Hall–Kier alpha value is -4.00. The van der Waals surface area contributed by atoms with Crippen molar-refractivity contribution in [3.05, 3.63) is 83.9 Å². The maximum atomic E-state index is 13.3. The van der Waals surface area contributed by atoms with Gasteiger partial charge in [-0.2, -0.15) is 0 Å². The fraction of sp³-hybridized carbons (Fsp3) is 0.286. The van der Waals surface area contributed by atoms with Gasteiger partial charge in [0.1, 0.15) is 5.75 Å². The Bertz CT molecular complexity index is 1180. The molecule has 2 N–H and O–H groups in total. The predicted molar refractivity (Wildman–Crippen MR) is 140 cm³/mol. The standard InChI is InChI=1S/C28H32N4O3/c1-20(2)22-13-11-21(12-14-22)19-31-15-6-16-32(28(31)34)25-9-4-7-23(17-25)29-27(33)30-24-8-5-10-26(18-24)35-3/h4-5,7-14,17-18,20H,6,15-16,19H2,1-3H3,(H2,29,30,33). The van der Waals surface area contributed by atoms with Gasteiger partial charge in [-0.25, -0.2) is 9.59 Å². The van der Waals surface area contributed by atoms with E-state index in [9.17, 15) is 9.59 Å². The molecule has 1 saturated heterocycles. The van der Waals surface area contributed by atoms with E-state index in [1.807, 2.05) is 35.2 Å². The Morgan fingerprint density at radius 1 is 0.943 bits per heavy atom. The first kappa shape index (κ1) is 24.1. The zero-order chi connectivity index (χ0) is 24.8. The molecule has 1 fully saturated rings. The van der Waals surface area contributed by atoms with Crippen molar-refractivity contribution in [2.24, 2.45) is 0 Å². The highest BCUT2D eigenvalue weighted by Crippen LogP contribution is 2.25. The van der Waals surface area contributed by atoms with Gasteiger partial charge in [0.2, 0.25) is 0 Å². The van der Waals surface area contributed by atoms with E-state index in [1.165, 1.54) is 5.56 Å². The Kier molecular flexibility index (Phi) is 7.55. The fourth-order valence-corrected chi connectivity index (χ4v) is 4.14. The van der Waals surface area contributed by atoms with Gasteiger partial charge in [0.15, 0.2) is 0 Å². The Morgan fingerprint density at radius 3 is 2.31 bits per heavy atom. The average Bonchev–Trinajstić information content (AvgIpc) is 2.86. The quantitative estimate of drug-likeness (QED) is 0.424. The van der Waals surface area contributed by atoms with Crippen LogP contribution in [0.2, 0.25) is 0 Å². The summed E-state index contributed by atoms with van der Waals surface area (Å²) in [7, 11) is 1.58. The van der Waals surface area contributed by atoms with Gasteiger partial charge in [-0.1, -0.05) is 50.2 Å². The van der Waals surface area contributed by atoms with Crippen LogP contribution in [-0.2, 0) is 6.54 Å². The summed E-state index contributed by atoms with van der Waals surface area (Å²) in [6.07, 6.45) is 0.879. The molecule has 35 heavy (non-hydrogen) atoms. The molecule has 3 aromatic rings. The van der Waals surface area contributed by atoms with Crippen LogP contribution in [0, 0.1) is 0 Å². The average molecular weight is 473 g/mol. The number of methoxy groups -OCH3 is 1. The molecular formula is C28H32N4O3. The van der Waals surface area contributed by atoms with E-state index in [1.54, 1.807) is 30.2 Å². The number of rotatable bonds is 7. The minimum atomic E-state index is -0.369. The summed E-state index contributed by atoms with van der Waals surface area (Å²) < 4.78 is 5.20. The zero-order valence-corrected chi connectivity index (χ0v) is 20.5. The van der Waals surface area contributed by atoms with Crippen molar-refractivity contribution in [3.63, 3.8) is 0 Å². The molecule has 3 aromatic carbocycles. The molecule has 4 rings (SSSR count). The van der Waals surface area contributed by atoms with Crippen molar-refractivity contribution >= 4 is 29.1 Å². The van der Waals surface area contributed by atoms with Crippen LogP contribution in [0.5, 0.6) is 5.75 Å². The number of hydrogen-bond acceptors (Lipinski definition) is 3. The monoisotopic (exact) mass is 472 g/mol. The van der Waals surface area contributed by atoms with Crippen molar-refractivity contribution in [2.45, 2.75) is 32.7 Å². The molecule has 0 atom stereocenters. The highest BCUT2D eigenvalue weighted by Gasteiger charge is 2.27. The van der Waals surface area contributed by atoms with Crippen LogP contribution in [0.25, 0.3) is 0 Å². The van der Waals surface area contributed by atoms with Crippen LogP contribution in [-0.4, -0.2) is 37.2 Å². The molecule has 0 aromatic heterocycles. The molecule has 0 bridgehead atoms. The molecule has 7 nitrogen and oxygen atoms in total. The van der Waals surface area contributed by atoms with Gasteiger partial charge in [0.25, 0.3) is 0 Å². The van der Waals surface area contributed by atoms with Gasteiger partial charge >= 0.3 is 12.1 Å². The SMILES string of the molecule is COc1cccc(NC(=O)Nc2cccc(N3CCCN(Cc4ccc(C(C)C)cc4)C3=O)c2)c1. The molecule has 0 saturated carbocycles. The van der Waals surface area contributed by atoms with Crippen molar-refractivity contribution in [2.75, 3.05) is 35.7 Å². The van der Waals surface area contributed by atoms with Gasteiger partial charge in [-0.3, -0.25) is 4.90 Å². The number of nitrogens with zero attached hydrogens (tertiary/aromatic N) is 2. The smallest absolute Gasteiger partial charge is 0.324 e. The van der Waals surface area contributed by atoms with Crippen LogP contribution in [0.4, 0.5) is 26.7 Å². The van der Waals surface area contributed by atoms with Gasteiger partial charge in [-0.05, 0) is 53.8 Å². The summed E-state index contributed by atoms with van der Waals surface area (Å²) in [6, 6.07) is 22.6.